The lowest BCUT2D eigenvalue weighted by Gasteiger charge is -2.31. The zero-order valence-corrected chi connectivity index (χ0v) is 18.6. The first-order valence-corrected chi connectivity index (χ1v) is 11.0. The van der Waals surface area contributed by atoms with Crippen LogP contribution in [0.15, 0.2) is 53.3 Å². The van der Waals surface area contributed by atoms with Crippen LogP contribution in [0.4, 0.5) is 4.39 Å². The number of nitrogens with zero attached hydrogens (tertiary/aromatic N) is 5. The average Bonchev–Trinajstić information content (AvgIpc) is 3.28. The third-order valence-electron chi connectivity index (χ3n) is 6.12. The molecule has 34 heavy (non-hydrogen) atoms. The Hall–Kier alpha value is -4.08. The molecule has 0 bridgehead atoms. The van der Waals surface area contributed by atoms with Crippen molar-refractivity contribution in [2.75, 3.05) is 20.2 Å². The van der Waals surface area contributed by atoms with E-state index in [4.69, 9.17) is 4.74 Å². The van der Waals surface area contributed by atoms with E-state index < -0.39 is 0 Å². The molecule has 0 aliphatic carbocycles. The van der Waals surface area contributed by atoms with Gasteiger partial charge in [0.15, 0.2) is 11.2 Å². The minimum atomic E-state index is -0.347. The Labute approximate surface area is 194 Å². The molecule has 1 aliphatic heterocycles. The molecule has 174 valence electrons. The van der Waals surface area contributed by atoms with Crippen LogP contribution in [0.5, 0.6) is 5.75 Å². The summed E-state index contributed by atoms with van der Waals surface area (Å²) in [5, 5.41) is 8.04. The summed E-state index contributed by atoms with van der Waals surface area (Å²) in [4.78, 5) is 34.9. The molecule has 5 rings (SSSR count). The highest BCUT2D eigenvalue weighted by atomic mass is 19.1. The zero-order valence-electron chi connectivity index (χ0n) is 18.6. The van der Waals surface area contributed by atoms with Crippen molar-refractivity contribution in [3.05, 3.63) is 81.7 Å². The molecule has 0 spiro atoms. The number of likely N-dealkylation sites (tertiary alicyclic amines) is 1. The number of hydrogen-bond acceptors (Lipinski definition) is 6. The van der Waals surface area contributed by atoms with Gasteiger partial charge in [0.2, 0.25) is 0 Å². The Kier molecular flexibility index (Phi) is 5.79. The molecule has 0 atom stereocenters. The van der Waals surface area contributed by atoms with Gasteiger partial charge < -0.3 is 14.6 Å². The van der Waals surface area contributed by atoms with Crippen LogP contribution in [-0.2, 0) is 6.54 Å². The van der Waals surface area contributed by atoms with Crippen molar-refractivity contribution in [1.29, 1.82) is 0 Å². The number of fused-ring (bicyclic) bond motifs is 1. The fraction of sp³-hybridized carbons (Fsp3) is 0.292. The lowest BCUT2D eigenvalue weighted by molar-refractivity contribution is 0.0710. The van der Waals surface area contributed by atoms with E-state index in [0.29, 0.717) is 55.3 Å². The standard InChI is InChI=1S/C24H23FN6O3/c1-34-19-4-2-3-17(13-19)24(33)30-11-9-16(10-12-30)21-26-22-20(23(32)27-21)28-29-31(22)14-15-5-7-18(25)8-6-15/h2-8,13,16H,9-12,14H2,1H3,(H,26,27,32). The van der Waals surface area contributed by atoms with Gasteiger partial charge in [0, 0.05) is 24.6 Å². The second kappa shape index (κ2) is 9.05. The van der Waals surface area contributed by atoms with Gasteiger partial charge in [-0.25, -0.2) is 14.1 Å². The largest absolute Gasteiger partial charge is 0.497 e. The Morgan fingerprint density at radius 1 is 1.18 bits per heavy atom. The summed E-state index contributed by atoms with van der Waals surface area (Å²) in [5.41, 5.74) is 1.61. The summed E-state index contributed by atoms with van der Waals surface area (Å²) in [6.45, 7) is 1.42. The summed E-state index contributed by atoms with van der Waals surface area (Å²) in [7, 11) is 1.57. The van der Waals surface area contributed by atoms with Gasteiger partial charge in [0.25, 0.3) is 11.5 Å². The van der Waals surface area contributed by atoms with Gasteiger partial charge in [0.05, 0.1) is 13.7 Å². The van der Waals surface area contributed by atoms with Gasteiger partial charge >= 0.3 is 0 Å². The van der Waals surface area contributed by atoms with E-state index in [1.807, 2.05) is 4.90 Å². The van der Waals surface area contributed by atoms with E-state index in [0.717, 1.165) is 5.56 Å². The van der Waals surface area contributed by atoms with E-state index in [-0.39, 0.29) is 28.7 Å². The summed E-state index contributed by atoms with van der Waals surface area (Å²) < 4.78 is 20.0. The third kappa shape index (κ3) is 4.26. The van der Waals surface area contributed by atoms with Crippen LogP contribution >= 0.6 is 0 Å². The van der Waals surface area contributed by atoms with Crippen molar-refractivity contribution in [2.24, 2.45) is 0 Å². The Bertz CT molecular complexity index is 1390. The number of hydrogen-bond donors (Lipinski definition) is 1. The van der Waals surface area contributed by atoms with E-state index in [9.17, 15) is 14.0 Å². The second-order valence-corrected chi connectivity index (χ2v) is 8.30. The number of H-pyrrole nitrogens is 1. The van der Waals surface area contributed by atoms with Gasteiger partial charge in [-0.15, -0.1) is 5.10 Å². The fourth-order valence-electron chi connectivity index (χ4n) is 4.24. The normalized spacial score (nSPS) is 14.5. The van der Waals surface area contributed by atoms with Gasteiger partial charge in [-0.3, -0.25) is 9.59 Å². The third-order valence-corrected chi connectivity index (χ3v) is 6.12. The molecule has 2 aromatic carbocycles. The molecule has 1 amide bonds. The highest BCUT2D eigenvalue weighted by molar-refractivity contribution is 5.94. The number of amides is 1. The van der Waals surface area contributed by atoms with Gasteiger partial charge in [-0.2, -0.15) is 0 Å². The zero-order chi connectivity index (χ0) is 23.7. The number of ether oxygens (including phenoxy) is 1. The fourth-order valence-corrected chi connectivity index (χ4v) is 4.24. The van der Waals surface area contributed by atoms with Crippen LogP contribution in [0.25, 0.3) is 11.2 Å². The first-order chi connectivity index (χ1) is 16.5. The lowest BCUT2D eigenvalue weighted by atomic mass is 9.95. The highest BCUT2D eigenvalue weighted by Gasteiger charge is 2.27. The number of benzene rings is 2. The summed E-state index contributed by atoms with van der Waals surface area (Å²) in [6, 6.07) is 13.2. The van der Waals surface area contributed by atoms with Crippen LogP contribution in [0, 0.1) is 5.82 Å². The van der Waals surface area contributed by atoms with E-state index in [1.165, 1.54) is 12.1 Å². The maximum Gasteiger partial charge on any atom is 0.281 e. The summed E-state index contributed by atoms with van der Waals surface area (Å²) >= 11 is 0. The van der Waals surface area contributed by atoms with Gasteiger partial charge in [-0.1, -0.05) is 23.4 Å². The van der Waals surface area contributed by atoms with Gasteiger partial charge in [0.1, 0.15) is 17.4 Å². The number of aromatic amines is 1. The molecule has 1 fully saturated rings. The predicted octanol–water partition coefficient (Wildman–Crippen LogP) is 2.73. The molecule has 0 radical (unpaired) electrons. The minimum absolute atomic E-state index is 0.000584. The first kappa shape index (κ1) is 21.7. The molecule has 9 nitrogen and oxygen atoms in total. The molecule has 0 saturated carbocycles. The molecule has 10 heteroatoms. The van der Waals surface area contributed by atoms with Crippen LogP contribution < -0.4 is 10.3 Å². The summed E-state index contributed by atoms with van der Waals surface area (Å²) in [5.74, 6) is 0.840. The number of aromatic nitrogens is 5. The SMILES string of the molecule is COc1cccc(C(=O)N2CCC(c3nc4c(nnn4Cc4ccc(F)cc4)c(=O)[nH]3)CC2)c1. The van der Waals surface area contributed by atoms with E-state index in [2.05, 4.69) is 20.3 Å². The molecular formula is C24H23FN6O3. The Morgan fingerprint density at radius 2 is 1.94 bits per heavy atom. The van der Waals surface area contributed by atoms with Crippen LogP contribution in [0.1, 0.15) is 40.5 Å². The molecular weight excluding hydrogens is 439 g/mol. The molecule has 2 aromatic heterocycles. The van der Waals surface area contributed by atoms with Crippen molar-refractivity contribution >= 4 is 17.1 Å². The number of carbonyl (C=O) groups is 1. The van der Waals surface area contributed by atoms with Gasteiger partial charge in [-0.05, 0) is 48.7 Å². The Morgan fingerprint density at radius 3 is 2.68 bits per heavy atom. The number of carbonyl (C=O) groups excluding carboxylic acids is 1. The van der Waals surface area contributed by atoms with Crippen LogP contribution in [0.2, 0.25) is 0 Å². The van der Waals surface area contributed by atoms with Crippen molar-refractivity contribution < 1.29 is 13.9 Å². The maximum absolute atomic E-state index is 13.2. The van der Waals surface area contributed by atoms with Crippen molar-refractivity contribution in [3.8, 4) is 5.75 Å². The molecule has 3 heterocycles. The number of rotatable bonds is 5. The minimum Gasteiger partial charge on any atom is -0.497 e. The molecule has 1 aliphatic rings. The van der Waals surface area contributed by atoms with Crippen molar-refractivity contribution in [2.45, 2.75) is 25.3 Å². The average molecular weight is 462 g/mol. The Balaban J connectivity index is 1.33. The second-order valence-electron chi connectivity index (χ2n) is 8.30. The lowest BCUT2D eigenvalue weighted by Crippen LogP contribution is -2.38. The predicted molar refractivity (Wildman–Crippen MR) is 122 cm³/mol. The topological polar surface area (TPSA) is 106 Å². The number of methoxy groups -OCH3 is 1. The summed E-state index contributed by atoms with van der Waals surface area (Å²) in [6.07, 6.45) is 1.34. The van der Waals surface area contributed by atoms with E-state index >= 15 is 0 Å². The molecule has 1 N–H and O–H groups in total. The molecule has 4 aromatic rings. The maximum atomic E-state index is 13.2. The molecule has 1 saturated heterocycles. The van der Waals surface area contributed by atoms with Crippen molar-refractivity contribution in [3.63, 3.8) is 0 Å². The van der Waals surface area contributed by atoms with Crippen LogP contribution in [-0.4, -0.2) is 56.0 Å². The number of piperidine rings is 1. The quantitative estimate of drug-likeness (QED) is 0.489. The van der Waals surface area contributed by atoms with Crippen LogP contribution in [0.3, 0.4) is 0 Å². The smallest absolute Gasteiger partial charge is 0.281 e. The van der Waals surface area contributed by atoms with E-state index in [1.54, 1.807) is 48.2 Å². The highest BCUT2D eigenvalue weighted by Crippen LogP contribution is 2.27. The first-order valence-electron chi connectivity index (χ1n) is 11.0. The number of nitrogens with one attached hydrogen (secondary N) is 1. The van der Waals surface area contributed by atoms with Crippen molar-refractivity contribution in [1.82, 2.24) is 29.9 Å². The monoisotopic (exact) mass is 462 g/mol. The molecule has 0 unspecified atom stereocenters. The number of halogens is 1.